The Hall–Kier alpha value is -1.15. The Morgan fingerprint density at radius 1 is 1.16 bits per heavy atom. The van der Waals surface area contributed by atoms with Crippen LogP contribution in [0.15, 0.2) is 29.8 Å². The number of rotatable bonds is 3. The van der Waals surface area contributed by atoms with Crippen LogP contribution in [-0.2, 0) is 0 Å². The van der Waals surface area contributed by atoms with Crippen LogP contribution in [0.5, 0.6) is 0 Å². The number of benzene rings is 1. The van der Waals surface area contributed by atoms with E-state index in [0.29, 0.717) is 0 Å². The van der Waals surface area contributed by atoms with Gasteiger partial charge in [-0.15, -0.1) is 0 Å². The summed E-state index contributed by atoms with van der Waals surface area (Å²) < 4.78 is 14.1. The molecule has 0 amide bonds. The van der Waals surface area contributed by atoms with Gasteiger partial charge in [-0.05, 0) is 45.7 Å². The van der Waals surface area contributed by atoms with Gasteiger partial charge in [0.05, 0.1) is 6.04 Å². The molecule has 1 unspecified atom stereocenters. The Morgan fingerprint density at radius 2 is 1.95 bits per heavy atom. The number of hydrogen-bond acceptors (Lipinski definition) is 1. The lowest BCUT2D eigenvalue weighted by Crippen LogP contribution is -2.20. The van der Waals surface area contributed by atoms with Crippen molar-refractivity contribution in [3.8, 4) is 0 Å². The summed E-state index contributed by atoms with van der Waals surface area (Å²) in [7, 11) is 1.92. The Balaban J connectivity index is 2.29. The van der Waals surface area contributed by atoms with E-state index in [9.17, 15) is 4.39 Å². The second-order valence-electron chi connectivity index (χ2n) is 5.48. The van der Waals surface area contributed by atoms with Crippen LogP contribution in [0.3, 0.4) is 0 Å². The van der Waals surface area contributed by atoms with E-state index in [1.54, 1.807) is 6.07 Å². The highest BCUT2D eigenvalue weighted by Gasteiger charge is 2.18. The molecule has 0 heterocycles. The van der Waals surface area contributed by atoms with E-state index in [-0.39, 0.29) is 11.9 Å². The molecule has 1 N–H and O–H groups in total. The summed E-state index contributed by atoms with van der Waals surface area (Å²) in [6.45, 7) is 2.02. The highest BCUT2D eigenvalue weighted by atomic mass is 19.1. The zero-order chi connectivity index (χ0) is 13.7. The average molecular weight is 261 g/mol. The molecule has 0 radical (unpaired) electrons. The third kappa shape index (κ3) is 3.66. The largest absolute Gasteiger partial charge is 0.310 e. The van der Waals surface area contributed by atoms with Crippen molar-refractivity contribution in [1.29, 1.82) is 0 Å². The SMILES string of the molecule is CNC(/C1=C/CCCCCC1)c1cc(C)ccc1F. The van der Waals surface area contributed by atoms with E-state index in [4.69, 9.17) is 0 Å². The lowest BCUT2D eigenvalue weighted by Gasteiger charge is -2.23. The molecule has 0 fully saturated rings. The minimum atomic E-state index is -0.104. The molecule has 1 aliphatic carbocycles. The maximum atomic E-state index is 14.1. The first-order valence-electron chi connectivity index (χ1n) is 7.34. The minimum Gasteiger partial charge on any atom is -0.310 e. The van der Waals surface area contributed by atoms with Crippen LogP contribution >= 0.6 is 0 Å². The van der Waals surface area contributed by atoms with Gasteiger partial charge in [0.15, 0.2) is 0 Å². The Bertz CT molecular complexity index is 451. The van der Waals surface area contributed by atoms with Gasteiger partial charge in [0, 0.05) is 5.56 Å². The lowest BCUT2D eigenvalue weighted by atomic mass is 9.90. The van der Waals surface area contributed by atoms with E-state index in [1.165, 1.54) is 31.3 Å². The van der Waals surface area contributed by atoms with Crippen LogP contribution < -0.4 is 5.32 Å². The van der Waals surface area contributed by atoms with E-state index < -0.39 is 0 Å². The molecule has 0 aromatic heterocycles. The van der Waals surface area contributed by atoms with Crippen LogP contribution in [0.1, 0.15) is 55.7 Å². The van der Waals surface area contributed by atoms with Crippen molar-refractivity contribution in [2.45, 2.75) is 51.5 Å². The molecule has 2 rings (SSSR count). The van der Waals surface area contributed by atoms with Crippen LogP contribution in [0.2, 0.25) is 0 Å². The molecule has 0 spiro atoms. The monoisotopic (exact) mass is 261 g/mol. The normalized spacial score (nSPS) is 21.1. The van der Waals surface area contributed by atoms with Gasteiger partial charge in [-0.2, -0.15) is 0 Å². The van der Waals surface area contributed by atoms with Crippen molar-refractivity contribution in [2.24, 2.45) is 0 Å². The van der Waals surface area contributed by atoms with Gasteiger partial charge in [-0.1, -0.05) is 42.2 Å². The highest BCUT2D eigenvalue weighted by molar-refractivity contribution is 5.33. The maximum Gasteiger partial charge on any atom is 0.128 e. The summed E-state index contributed by atoms with van der Waals surface area (Å²) in [5, 5.41) is 3.30. The third-order valence-electron chi connectivity index (χ3n) is 3.95. The maximum absolute atomic E-state index is 14.1. The molecule has 1 nitrogen and oxygen atoms in total. The molecule has 0 saturated heterocycles. The molecule has 104 valence electrons. The topological polar surface area (TPSA) is 12.0 Å². The first-order chi connectivity index (χ1) is 9.22. The number of aryl methyl sites for hydroxylation is 1. The summed E-state index contributed by atoms with van der Waals surface area (Å²) in [6, 6.07) is 5.41. The quantitative estimate of drug-likeness (QED) is 0.779. The van der Waals surface area contributed by atoms with Crippen LogP contribution in [0.25, 0.3) is 0 Å². The van der Waals surface area contributed by atoms with Gasteiger partial charge in [-0.3, -0.25) is 0 Å². The van der Waals surface area contributed by atoms with Crippen LogP contribution in [0, 0.1) is 12.7 Å². The summed E-state index contributed by atoms with van der Waals surface area (Å²) in [5.41, 5.74) is 3.25. The molecule has 0 saturated carbocycles. The van der Waals surface area contributed by atoms with E-state index >= 15 is 0 Å². The Labute approximate surface area is 115 Å². The van der Waals surface area contributed by atoms with Gasteiger partial charge in [0.25, 0.3) is 0 Å². The van der Waals surface area contributed by atoms with E-state index in [0.717, 1.165) is 24.0 Å². The molecule has 0 bridgehead atoms. The number of hydrogen-bond donors (Lipinski definition) is 1. The third-order valence-corrected chi connectivity index (χ3v) is 3.95. The van der Waals surface area contributed by atoms with Crippen molar-refractivity contribution in [3.63, 3.8) is 0 Å². The molecule has 1 aromatic rings. The van der Waals surface area contributed by atoms with Crippen molar-refractivity contribution in [2.75, 3.05) is 7.05 Å². The van der Waals surface area contributed by atoms with Gasteiger partial charge in [0.1, 0.15) is 5.82 Å². The van der Waals surface area contributed by atoms with Crippen molar-refractivity contribution in [1.82, 2.24) is 5.32 Å². The van der Waals surface area contributed by atoms with Crippen molar-refractivity contribution >= 4 is 0 Å². The summed E-state index contributed by atoms with van der Waals surface area (Å²) in [6.07, 6.45) is 9.63. The summed E-state index contributed by atoms with van der Waals surface area (Å²) in [4.78, 5) is 0. The van der Waals surface area contributed by atoms with Gasteiger partial charge < -0.3 is 5.32 Å². The number of likely N-dealkylation sites (N-methyl/N-ethyl adjacent to an activating group) is 1. The second-order valence-corrected chi connectivity index (χ2v) is 5.48. The van der Waals surface area contributed by atoms with E-state index in [2.05, 4.69) is 11.4 Å². The molecular weight excluding hydrogens is 237 g/mol. The fourth-order valence-corrected chi connectivity index (χ4v) is 2.90. The average Bonchev–Trinajstić information content (AvgIpc) is 2.36. The summed E-state index contributed by atoms with van der Waals surface area (Å²) in [5.74, 6) is -0.104. The molecule has 2 heteroatoms. The van der Waals surface area contributed by atoms with Gasteiger partial charge in [-0.25, -0.2) is 4.39 Å². The van der Waals surface area contributed by atoms with Gasteiger partial charge >= 0.3 is 0 Å². The van der Waals surface area contributed by atoms with Gasteiger partial charge in [0.2, 0.25) is 0 Å². The highest BCUT2D eigenvalue weighted by Crippen LogP contribution is 2.30. The predicted octanol–water partition coefficient (Wildman–Crippen LogP) is 4.68. The molecule has 1 aliphatic rings. The fourth-order valence-electron chi connectivity index (χ4n) is 2.90. The van der Waals surface area contributed by atoms with Crippen LogP contribution in [-0.4, -0.2) is 7.05 Å². The Kier molecular flexibility index (Phi) is 5.15. The van der Waals surface area contributed by atoms with Crippen molar-refractivity contribution < 1.29 is 4.39 Å². The summed E-state index contributed by atoms with van der Waals surface area (Å²) >= 11 is 0. The molecule has 1 aromatic carbocycles. The molecule has 1 atom stereocenters. The molecule has 0 aliphatic heterocycles. The number of nitrogens with one attached hydrogen (secondary N) is 1. The Morgan fingerprint density at radius 3 is 2.74 bits per heavy atom. The fraction of sp³-hybridized carbons (Fsp3) is 0.529. The first kappa shape index (κ1) is 14.3. The number of halogens is 1. The minimum absolute atomic E-state index is 0.0259. The second kappa shape index (κ2) is 6.85. The molecular formula is C17H24FN. The zero-order valence-corrected chi connectivity index (χ0v) is 12.0. The number of allylic oxidation sites excluding steroid dienone is 1. The standard InChI is InChI=1S/C17H24FN/c1-13-10-11-16(18)15(12-13)17(19-2)14-8-6-4-3-5-7-9-14/h8,10-12,17,19H,3-7,9H2,1-2H3/b14-8+. The van der Waals surface area contributed by atoms with Crippen LogP contribution in [0.4, 0.5) is 4.39 Å². The zero-order valence-electron chi connectivity index (χ0n) is 12.0. The predicted molar refractivity (Wildman–Crippen MR) is 78.7 cm³/mol. The van der Waals surface area contributed by atoms with Crippen molar-refractivity contribution in [3.05, 3.63) is 46.8 Å². The smallest absolute Gasteiger partial charge is 0.128 e. The van der Waals surface area contributed by atoms with E-state index in [1.807, 2.05) is 26.1 Å². The lowest BCUT2D eigenvalue weighted by molar-refractivity contribution is 0.541. The molecule has 19 heavy (non-hydrogen) atoms. The first-order valence-corrected chi connectivity index (χ1v) is 7.34.